The average Bonchev–Trinajstić information content (AvgIpc) is 2.80. The summed E-state index contributed by atoms with van der Waals surface area (Å²) < 4.78 is 57.9. The van der Waals surface area contributed by atoms with Crippen molar-refractivity contribution in [2.24, 2.45) is 0 Å². The van der Waals surface area contributed by atoms with Gasteiger partial charge in [-0.15, -0.1) is 0 Å². The maximum atomic E-state index is 13.2. The molecule has 188 valence electrons. The topological polar surface area (TPSA) is 114 Å². The molecule has 0 bridgehead atoms. The summed E-state index contributed by atoms with van der Waals surface area (Å²) in [7, 11) is -7.10. The molecule has 0 saturated heterocycles. The van der Waals surface area contributed by atoms with Crippen LogP contribution in [-0.4, -0.2) is 51.4 Å². The number of rotatable bonds is 9. The van der Waals surface area contributed by atoms with Gasteiger partial charge in [-0.25, -0.2) is 13.4 Å². The first kappa shape index (κ1) is 27.5. The SMILES string of the molecule is Cc1ccc(S(=O)(=O)OCC(O)(CN(C)S(=O)(=O)c2ccc(Cl)c(C)c2)c2cccc(Cl)n2)cc1. The second kappa shape index (κ2) is 10.5. The molecule has 0 saturated carbocycles. The summed E-state index contributed by atoms with van der Waals surface area (Å²) in [5.41, 5.74) is -0.807. The summed E-state index contributed by atoms with van der Waals surface area (Å²) in [5.74, 6) is 0. The van der Waals surface area contributed by atoms with Gasteiger partial charge >= 0.3 is 0 Å². The number of hydrogen-bond acceptors (Lipinski definition) is 7. The van der Waals surface area contributed by atoms with Crippen LogP contribution in [0.15, 0.2) is 70.5 Å². The molecule has 1 atom stereocenters. The Hall–Kier alpha value is -2.05. The molecule has 1 aromatic heterocycles. The maximum absolute atomic E-state index is 13.2. The molecule has 0 radical (unpaired) electrons. The highest BCUT2D eigenvalue weighted by Gasteiger charge is 2.38. The number of aryl methyl sites for hydroxylation is 2. The Labute approximate surface area is 215 Å². The fourth-order valence-electron chi connectivity index (χ4n) is 3.23. The number of aromatic nitrogens is 1. The van der Waals surface area contributed by atoms with Gasteiger partial charge in [0.15, 0.2) is 0 Å². The molecule has 3 aromatic rings. The Balaban J connectivity index is 1.94. The van der Waals surface area contributed by atoms with Crippen LogP contribution in [0.25, 0.3) is 0 Å². The number of likely N-dealkylation sites (N-methyl/N-ethyl adjacent to an activating group) is 1. The van der Waals surface area contributed by atoms with Gasteiger partial charge < -0.3 is 5.11 Å². The quantitative estimate of drug-likeness (QED) is 0.312. The first-order valence-corrected chi connectivity index (χ1v) is 13.9. The van der Waals surface area contributed by atoms with Gasteiger partial charge in [-0.2, -0.15) is 12.7 Å². The maximum Gasteiger partial charge on any atom is 0.297 e. The van der Waals surface area contributed by atoms with Crippen LogP contribution < -0.4 is 0 Å². The lowest BCUT2D eigenvalue weighted by atomic mass is 10.0. The molecule has 1 unspecified atom stereocenters. The van der Waals surface area contributed by atoms with Crippen LogP contribution in [0.2, 0.25) is 10.2 Å². The minimum absolute atomic E-state index is 0.0288. The standard InChI is InChI=1S/C23H24Cl2N2O6S2/c1-16-7-9-18(10-8-16)35(31,32)33-15-23(28,21-5-4-6-22(25)26-21)14-27(3)34(29,30)19-11-12-20(24)17(2)13-19/h4-13,28H,14-15H2,1-3H3. The fourth-order valence-corrected chi connectivity index (χ4v) is 5.77. The number of hydrogen-bond donors (Lipinski definition) is 1. The van der Waals surface area contributed by atoms with Crippen LogP contribution in [0.1, 0.15) is 16.8 Å². The van der Waals surface area contributed by atoms with Crippen LogP contribution in [0.5, 0.6) is 0 Å². The highest BCUT2D eigenvalue weighted by atomic mass is 35.5. The lowest BCUT2D eigenvalue weighted by molar-refractivity contribution is -0.0216. The molecule has 1 heterocycles. The number of pyridine rings is 1. The highest BCUT2D eigenvalue weighted by Crippen LogP contribution is 2.28. The second-order valence-electron chi connectivity index (χ2n) is 8.08. The van der Waals surface area contributed by atoms with Crippen LogP contribution >= 0.6 is 23.2 Å². The third kappa shape index (κ3) is 6.39. The zero-order valence-electron chi connectivity index (χ0n) is 19.1. The van der Waals surface area contributed by atoms with E-state index >= 15 is 0 Å². The van der Waals surface area contributed by atoms with E-state index in [4.69, 9.17) is 27.4 Å². The number of nitrogens with zero attached hydrogens (tertiary/aromatic N) is 2. The molecule has 0 aliphatic carbocycles. The predicted molar refractivity (Wildman–Crippen MR) is 133 cm³/mol. The number of halogens is 2. The Bertz CT molecular complexity index is 1430. The van der Waals surface area contributed by atoms with E-state index in [2.05, 4.69) is 4.98 Å². The third-order valence-corrected chi connectivity index (χ3v) is 8.99. The molecule has 0 aliphatic rings. The van der Waals surface area contributed by atoms with Crippen molar-refractivity contribution in [2.45, 2.75) is 29.2 Å². The van der Waals surface area contributed by atoms with E-state index in [0.717, 1.165) is 9.87 Å². The summed E-state index contributed by atoms with van der Waals surface area (Å²) in [6, 6.07) is 14.5. The van der Waals surface area contributed by atoms with Gasteiger partial charge in [-0.1, -0.05) is 47.0 Å². The summed E-state index contributed by atoms with van der Waals surface area (Å²) in [4.78, 5) is 3.91. The van der Waals surface area contributed by atoms with Crippen LogP contribution in [0.3, 0.4) is 0 Å². The van der Waals surface area contributed by atoms with Gasteiger partial charge in [-0.05, 0) is 61.9 Å². The van der Waals surface area contributed by atoms with Crippen molar-refractivity contribution in [3.8, 4) is 0 Å². The smallest absolute Gasteiger partial charge is 0.297 e. The lowest BCUT2D eigenvalue weighted by Crippen LogP contribution is -2.46. The Morgan fingerprint density at radius 2 is 1.60 bits per heavy atom. The third-order valence-electron chi connectivity index (χ3n) is 5.28. The summed E-state index contributed by atoms with van der Waals surface area (Å²) >= 11 is 12.0. The Morgan fingerprint density at radius 1 is 0.971 bits per heavy atom. The van der Waals surface area contributed by atoms with Gasteiger partial charge in [0.05, 0.1) is 22.0 Å². The van der Waals surface area contributed by atoms with Gasteiger partial charge in [0, 0.05) is 12.1 Å². The molecule has 0 spiro atoms. The van der Waals surface area contributed by atoms with Crippen molar-refractivity contribution in [1.29, 1.82) is 0 Å². The zero-order valence-corrected chi connectivity index (χ0v) is 22.3. The number of aliphatic hydroxyl groups is 1. The molecular formula is C23H24Cl2N2O6S2. The van der Waals surface area contributed by atoms with E-state index in [1.54, 1.807) is 26.0 Å². The normalized spacial score (nSPS) is 14.1. The Morgan fingerprint density at radius 3 is 2.20 bits per heavy atom. The van der Waals surface area contributed by atoms with E-state index in [0.29, 0.717) is 10.6 Å². The molecule has 0 aliphatic heterocycles. The van der Waals surface area contributed by atoms with Crippen LogP contribution in [-0.2, 0) is 29.9 Å². The summed E-state index contributed by atoms with van der Waals surface area (Å²) in [6.07, 6.45) is 0. The van der Waals surface area contributed by atoms with E-state index < -0.39 is 38.9 Å². The van der Waals surface area contributed by atoms with Crippen molar-refractivity contribution in [1.82, 2.24) is 9.29 Å². The monoisotopic (exact) mass is 558 g/mol. The van der Waals surface area contributed by atoms with Gasteiger partial charge in [0.25, 0.3) is 10.1 Å². The van der Waals surface area contributed by atoms with Crippen molar-refractivity contribution in [3.63, 3.8) is 0 Å². The zero-order chi connectivity index (χ0) is 26.0. The molecule has 0 fully saturated rings. The molecule has 0 amide bonds. The van der Waals surface area contributed by atoms with Crippen molar-refractivity contribution >= 4 is 43.3 Å². The average molecular weight is 559 g/mol. The molecule has 2 aromatic carbocycles. The lowest BCUT2D eigenvalue weighted by Gasteiger charge is -2.31. The summed E-state index contributed by atoms with van der Waals surface area (Å²) in [5, 5.41) is 11.9. The first-order valence-electron chi connectivity index (χ1n) is 10.3. The Kier molecular flexibility index (Phi) is 8.27. The highest BCUT2D eigenvalue weighted by molar-refractivity contribution is 7.89. The van der Waals surface area contributed by atoms with E-state index in [-0.39, 0.29) is 20.6 Å². The van der Waals surface area contributed by atoms with E-state index in [1.807, 2.05) is 0 Å². The predicted octanol–water partition coefficient (Wildman–Crippen LogP) is 3.92. The van der Waals surface area contributed by atoms with E-state index in [1.165, 1.54) is 55.6 Å². The van der Waals surface area contributed by atoms with E-state index in [9.17, 15) is 21.9 Å². The van der Waals surface area contributed by atoms with Gasteiger partial charge in [0.2, 0.25) is 10.0 Å². The molecule has 1 N–H and O–H groups in total. The van der Waals surface area contributed by atoms with Crippen LogP contribution in [0, 0.1) is 13.8 Å². The van der Waals surface area contributed by atoms with Crippen LogP contribution in [0.4, 0.5) is 0 Å². The molecule has 8 nitrogen and oxygen atoms in total. The van der Waals surface area contributed by atoms with Gasteiger partial charge in [-0.3, -0.25) is 4.18 Å². The summed E-state index contributed by atoms with van der Waals surface area (Å²) in [6.45, 7) is 2.08. The number of benzene rings is 2. The van der Waals surface area contributed by atoms with Crippen molar-refractivity contribution in [2.75, 3.05) is 20.2 Å². The molecule has 35 heavy (non-hydrogen) atoms. The minimum atomic E-state index is -4.27. The van der Waals surface area contributed by atoms with Gasteiger partial charge in [0.1, 0.15) is 17.4 Å². The number of sulfonamides is 1. The largest absolute Gasteiger partial charge is 0.380 e. The molecule has 3 rings (SSSR count). The second-order valence-corrected chi connectivity index (χ2v) is 12.5. The minimum Gasteiger partial charge on any atom is -0.380 e. The fraction of sp³-hybridized carbons (Fsp3) is 0.261. The first-order chi connectivity index (χ1) is 16.2. The molecule has 12 heteroatoms. The van der Waals surface area contributed by atoms with Crippen molar-refractivity contribution in [3.05, 3.63) is 87.7 Å². The molecular weight excluding hydrogens is 535 g/mol. The van der Waals surface area contributed by atoms with Crippen molar-refractivity contribution < 1.29 is 26.1 Å².